The van der Waals surface area contributed by atoms with Gasteiger partial charge in [-0.25, -0.2) is 0 Å². The van der Waals surface area contributed by atoms with E-state index in [0.717, 1.165) is 37.3 Å². The monoisotopic (exact) mass is 169 g/mol. The fourth-order valence-corrected chi connectivity index (χ4v) is 2.16. The first-order chi connectivity index (χ1) is 5.75. The van der Waals surface area contributed by atoms with E-state index in [4.69, 9.17) is 5.11 Å². The van der Waals surface area contributed by atoms with E-state index in [9.17, 15) is 0 Å². The summed E-state index contributed by atoms with van der Waals surface area (Å²) >= 11 is 0. The third-order valence-corrected chi connectivity index (χ3v) is 3.50. The number of hydrogen-bond acceptors (Lipinski definition) is 2. The third kappa shape index (κ3) is 1.64. The van der Waals surface area contributed by atoms with Crippen LogP contribution < -0.4 is 5.32 Å². The molecule has 2 saturated carbocycles. The fraction of sp³-hybridized carbons (Fsp3) is 1.00. The van der Waals surface area contributed by atoms with Crippen molar-refractivity contribution in [2.24, 2.45) is 11.8 Å². The van der Waals surface area contributed by atoms with Gasteiger partial charge in [-0.2, -0.15) is 0 Å². The molecule has 0 aromatic heterocycles. The normalized spacial score (nSPS) is 46.5. The van der Waals surface area contributed by atoms with E-state index in [0.29, 0.717) is 0 Å². The van der Waals surface area contributed by atoms with Crippen molar-refractivity contribution in [1.82, 2.24) is 5.32 Å². The van der Waals surface area contributed by atoms with Gasteiger partial charge in [0.1, 0.15) is 0 Å². The zero-order valence-corrected chi connectivity index (χ0v) is 7.79. The second-order valence-corrected chi connectivity index (χ2v) is 4.56. The average molecular weight is 169 g/mol. The smallest absolute Gasteiger partial charge is 0.0546 e. The Balaban J connectivity index is 1.57. The molecule has 2 nitrogen and oxygen atoms in total. The molecule has 2 unspecified atom stereocenters. The van der Waals surface area contributed by atoms with E-state index in [1.807, 2.05) is 0 Å². The lowest BCUT2D eigenvalue weighted by molar-refractivity contribution is 0.0385. The molecule has 0 radical (unpaired) electrons. The van der Waals surface area contributed by atoms with Gasteiger partial charge in [-0.15, -0.1) is 0 Å². The van der Waals surface area contributed by atoms with Crippen molar-refractivity contribution >= 4 is 0 Å². The molecule has 2 atom stereocenters. The molecule has 0 bridgehead atoms. The van der Waals surface area contributed by atoms with E-state index < -0.39 is 0 Å². The highest BCUT2D eigenvalue weighted by molar-refractivity contribution is 4.87. The van der Waals surface area contributed by atoms with Crippen LogP contribution in [0.2, 0.25) is 0 Å². The minimum atomic E-state index is 0.00983. The van der Waals surface area contributed by atoms with Gasteiger partial charge >= 0.3 is 0 Å². The van der Waals surface area contributed by atoms with Gasteiger partial charge in [-0.05, 0) is 44.1 Å². The summed E-state index contributed by atoms with van der Waals surface area (Å²) in [5, 5.41) is 12.7. The Morgan fingerprint density at radius 2 is 2.08 bits per heavy atom. The maximum Gasteiger partial charge on any atom is 0.0546 e. The van der Waals surface area contributed by atoms with Gasteiger partial charge < -0.3 is 10.4 Å². The molecular formula is C10H19NO. The van der Waals surface area contributed by atoms with Crippen molar-refractivity contribution in [3.05, 3.63) is 0 Å². The number of aliphatic hydroxyl groups is 1. The van der Waals surface area contributed by atoms with Crippen molar-refractivity contribution in [3.63, 3.8) is 0 Å². The zero-order valence-electron chi connectivity index (χ0n) is 7.79. The van der Waals surface area contributed by atoms with Crippen LogP contribution in [0.5, 0.6) is 0 Å². The van der Waals surface area contributed by atoms with Gasteiger partial charge in [0.2, 0.25) is 0 Å². The molecule has 2 N–H and O–H groups in total. The minimum absolute atomic E-state index is 0.00983. The van der Waals surface area contributed by atoms with Gasteiger partial charge in [0.25, 0.3) is 0 Å². The van der Waals surface area contributed by atoms with Crippen LogP contribution >= 0.6 is 0 Å². The second-order valence-electron chi connectivity index (χ2n) is 4.56. The lowest BCUT2D eigenvalue weighted by Crippen LogP contribution is -2.46. The van der Waals surface area contributed by atoms with E-state index in [2.05, 4.69) is 12.2 Å². The Hall–Kier alpha value is -0.0800. The molecule has 0 aromatic carbocycles. The first kappa shape index (κ1) is 8.52. The minimum Gasteiger partial charge on any atom is -0.393 e. The van der Waals surface area contributed by atoms with Gasteiger partial charge in [0, 0.05) is 6.04 Å². The molecule has 2 aliphatic rings. The molecule has 0 saturated heterocycles. The summed E-state index contributed by atoms with van der Waals surface area (Å²) in [6.07, 6.45) is 4.81. The van der Waals surface area contributed by atoms with Crippen molar-refractivity contribution in [2.75, 3.05) is 6.54 Å². The lowest BCUT2D eigenvalue weighted by atomic mass is 9.79. The van der Waals surface area contributed by atoms with E-state index in [-0.39, 0.29) is 6.10 Å². The molecule has 70 valence electrons. The quantitative estimate of drug-likeness (QED) is 0.664. The van der Waals surface area contributed by atoms with Crippen LogP contribution in [0.1, 0.15) is 32.6 Å². The highest BCUT2D eigenvalue weighted by atomic mass is 16.3. The van der Waals surface area contributed by atoms with Crippen molar-refractivity contribution < 1.29 is 5.11 Å². The van der Waals surface area contributed by atoms with Crippen molar-refractivity contribution in [2.45, 2.75) is 44.8 Å². The topological polar surface area (TPSA) is 32.3 Å². The molecule has 2 heteroatoms. The van der Waals surface area contributed by atoms with Crippen LogP contribution in [0.4, 0.5) is 0 Å². The maximum absolute atomic E-state index is 9.08. The van der Waals surface area contributed by atoms with E-state index in [1.165, 1.54) is 12.8 Å². The summed E-state index contributed by atoms with van der Waals surface area (Å²) < 4.78 is 0. The molecular weight excluding hydrogens is 150 g/mol. The number of nitrogens with one attached hydrogen (secondary N) is 1. The molecule has 2 aliphatic carbocycles. The Kier molecular flexibility index (Phi) is 2.37. The maximum atomic E-state index is 9.08. The Morgan fingerprint density at radius 3 is 2.50 bits per heavy atom. The molecule has 12 heavy (non-hydrogen) atoms. The van der Waals surface area contributed by atoms with Crippen molar-refractivity contribution in [3.8, 4) is 0 Å². The van der Waals surface area contributed by atoms with Crippen LogP contribution in [0, 0.1) is 11.8 Å². The number of rotatable bonds is 3. The summed E-state index contributed by atoms with van der Waals surface area (Å²) in [4.78, 5) is 0. The lowest BCUT2D eigenvalue weighted by Gasteiger charge is -2.38. The van der Waals surface area contributed by atoms with Crippen LogP contribution in [0.15, 0.2) is 0 Å². The van der Waals surface area contributed by atoms with E-state index >= 15 is 0 Å². The molecule has 2 fully saturated rings. The largest absolute Gasteiger partial charge is 0.393 e. The summed E-state index contributed by atoms with van der Waals surface area (Å²) in [7, 11) is 0. The Bertz CT molecular complexity index is 154. The highest BCUT2D eigenvalue weighted by Gasteiger charge is 2.30. The van der Waals surface area contributed by atoms with Crippen LogP contribution in [-0.2, 0) is 0 Å². The van der Waals surface area contributed by atoms with Crippen LogP contribution in [0.25, 0.3) is 0 Å². The summed E-state index contributed by atoms with van der Waals surface area (Å²) in [6.45, 7) is 3.45. The first-order valence-electron chi connectivity index (χ1n) is 5.17. The highest BCUT2D eigenvalue weighted by Crippen LogP contribution is 2.29. The Morgan fingerprint density at radius 1 is 1.33 bits per heavy atom. The molecule has 0 aromatic rings. The first-order valence-corrected chi connectivity index (χ1v) is 5.17. The summed E-state index contributed by atoms with van der Waals surface area (Å²) in [5.74, 6) is 1.64. The molecule has 0 amide bonds. The summed E-state index contributed by atoms with van der Waals surface area (Å²) in [5.41, 5.74) is 0. The average Bonchev–Trinajstić information content (AvgIpc) is 1.98. The summed E-state index contributed by atoms with van der Waals surface area (Å²) in [6, 6.07) is 0.780. The van der Waals surface area contributed by atoms with Crippen molar-refractivity contribution in [1.29, 1.82) is 0 Å². The van der Waals surface area contributed by atoms with Gasteiger partial charge in [-0.1, -0.05) is 6.92 Å². The molecule has 0 spiro atoms. The van der Waals surface area contributed by atoms with Crippen LogP contribution in [0.3, 0.4) is 0 Å². The second kappa shape index (κ2) is 3.35. The van der Waals surface area contributed by atoms with Crippen LogP contribution in [-0.4, -0.2) is 23.8 Å². The van der Waals surface area contributed by atoms with Gasteiger partial charge in [-0.3, -0.25) is 0 Å². The number of aliphatic hydroxyl groups excluding tert-OH is 1. The zero-order chi connectivity index (χ0) is 8.55. The predicted octanol–water partition coefficient (Wildman–Crippen LogP) is 1.15. The van der Waals surface area contributed by atoms with Gasteiger partial charge in [0.05, 0.1) is 6.10 Å². The van der Waals surface area contributed by atoms with Gasteiger partial charge in [0.15, 0.2) is 0 Å². The SMILES string of the molecule is CC1CCC1NCC1CC(O)C1. The third-order valence-electron chi connectivity index (χ3n) is 3.50. The number of hydrogen-bond donors (Lipinski definition) is 2. The Labute approximate surface area is 74.4 Å². The molecule has 0 aliphatic heterocycles. The predicted molar refractivity (Wildman–Crippen MR) is 48.9 cm³/mol. The standard InChI is InChI=1S/C10H19NO/c1-7-2-3-10(7)11-6-8-4-9(12)5-8/h7-12H,2-6H2,1H3. The molecule has 2 rings (SSSR count). The van der Waals surface area contributed by atoms with E-state index in [1.54, 1.807) is 0 Å². The molecule has 0 heterocycles. The fourth-order valence-electron chi connectivity index (χ4n) is 2.16.